The van der Waals surface area contributed by atoms with E-state index >= 15 is 0 Å². The van der Waals surface area contributed by atoms with Crippen molar-refractivity contribution in [3.05, 3.63) is 12.2 Å². The number of hydrogen-bond donors (Lipinski definition) is 2. The number of rotatable bonds is 42. The molecule has 30 heteroatoms. The maximum atomic E-state index is 12.6. The molecule has 0 spiro atoms. The Morgan fingerprint density at radius 3 is 0.705 bits per heavy atom. The summed E-state index contributed by atoms with van der Waals surface area (Å²) in [5.74, 6) is -9.21. The molecule has 2 N–H and O–H groups in total. The number of hydrogen-bond acceptors (Lipinski definition) is 29. The van der Waals surface area contributed by atoms with E-state index in [0.29, 0.717) is 12.0 Å². The molecule has 546 valence electrons. The van der Waals surface area contributed by atoms with E-state index in [0.717, 1.165) is 75.2 Å². The first-order valence-corrected chi connectivity index (χ1v) is 31.6. The Morgan fingerprint density at radius 1 is 0.305 bits per heavy atom. The van der Waals surface area contributed by atoms with Crippen LogP contribution in [0, 0.1) is 0 Å². The van der Waals surface area contributed by atoms with Crippen LogP contribution in [0.15, 0.2) is 12.2 Å². The average Bonchev–Trinajstić information content (AvgIpc) is 0.911. The predicted octanol–water partition coefficient (Wildman–Crippen LogP) is 7.30. The van der Waals surface area contributed by atoms with Crippen molar-refractivity contribution < 1.29 is 139 Å². The normalized spacial score (nSPS) is 15.0. The Bertz CT molecular complexity index is 2430. The van der Waals surface area contributed by atoms with Gasteiger partial charge in [-0.05, 0) is 47.0 Å². The van der Waals surface area contributed by atoms with Gasteiger partial charge in [-0.3, -0.25) is 57.5 Å². The summed E-state index contributed by atoms with van der Waals surface area (Å²) in [7, 11) is 0. The molecule has 0 aromatic carbocycles. The van der Waals surface area contributed by atoms with Gasteiger partial charge in [0.15, 0.2) is 0 Å². The van der Waals surface area contributed by atoms with Crippen LogP contribution in [0.4, 0.5) is 4.79 Å². The zero-order chi connectivity index (χ0) is 73.7. The zero-order valence-electron chi connectivity index (χ0n) is 59.0. The molecule has 0 aromatic rings. The number of alkyl carbamates (subject to hydrolysis) is 1. The van der Waals surface area contributed by atoms with Gasteiger partial charge in [0, 0.05) is 159 Å². The Morgan fingerprint density at radius 2 is 0.516 bits per heavy atom. The highest BCUT2D eigenvalue weighted by Gasteiger charge is 2.36. The molecular weight excluding hydrogens is 1260 g/mol. The standard InChI is InChI=1S/C50H78O24.C11H19NO4.C4H10O/c1-15-40(64-29(4)52)17-42(66-31(6)54)19-44(68-33(8)56)21-46(70-35(10)58)23-48(72-37(12)60)25-50(74-39(14)62)26-49(73-38(13)61)24-47(71-36(11)59)22-45(69-34(9)57)20-43(67-32(7)55)18-41(65-30(5)53)16-27(2)63-28(3)51;1-5-9(4)16-11(14)12-6-7-15-10(13)8(2)3;1-3-4(2)5/h27,40-50H,15-26H2,1-14H3;9H,2,5-7H2,1,3-4H3,(H,12,14);4-5H,3H2,1-2H3. The number of esters is 13. The second-order valence-electron chi connectivity index (χ2n) is 22.7. The van der Waals surface area contributed by atoms with Crippen molar-refractivity contribution in [2.45, 2.75) is 307 Å². The summed E-state index contributed by atoms with van der Waals surface area (Å²) < 4.78 is 76.3. The van der Waals surface area contributed by atoms with E-state index in [2.05, 4.69) is 11.9 Å². The highest BCUT2D eigenvalue weighted by molar-refractivity contribution is 5.87. The summed E-state index contributed by atoms with van der Waals surface area (Å²) in [6.07, 6.45) is -13.6. The molecule has 1 amide bonds. The summed E-state index contributed by atoms with van der Waals surface area (Å²) in [5.41, 5.74) is 0.335. The number of carbonyl (C=O) groups is 14. The Kier molecular flexibility index (Phi) is 49.4. The Balaban J connectivity index is -0.00000341. The molecular formula is C65H107NO29. The minimum Gasteiger partial charge on any atom is -0.463 e. The van der Waals surface area contributed by atoms with Gasteiger partial charge < -0.3 is 76.7 Å². The summed E-state index contributed by atoms with van der Waals surface area (Å²) in [6.45, 7) is 29.7. The van der Waals surface area contributed by atoms with Crippen LogP contribution in [0.2, 0.25) is 0 Å². The molecule has 0 radical (unpaired) electrons. The number of carbonyl (C=O) groups excluding carboxylic acids is 14. The van der Waals surface area contributed by atoms with Gasteiger partial charge in [0.2, 0.25) is 0 Å². The molecule has 0 aliphatic rings. The molecule has 0 fully saturated rings. The summed E-state index contributed by atoms with van der Waals surface area (Å²) in [4.78, 5) is 170. The van der Waals surface area contributed by atoms with Crippen LogP contribution < -0.4 is 5.32 Å². The molecule has 0 saturated carbocycles. The van der Waals surface area contributed by atoms with Crippen LogP contribution in [0.5, 0.6) is 0 Å². The predicted molar refractivity (Wildman–Crippen MR) is 335 cm³/mol. The van der Waals surface area contributed by atoms with Crippen LogP contribution in [0.3, 0.4) is 0 Å². The zero-order valence-corrected chi connectivity index (χ0v) is 59.0. The fourth-order valence-corrected chi connectivity index (χ4v) is 9.17. The first-order valence-electron chi connectivity index (χ1n) is 31.6. The quantitative estimate of drug-likeness (QED) is 0.0262. The Hall–Kier alpha value is -7.92. The molecule has 0 bridgehead atoms. The van der Waals surface area contributed by atoms with Crippen molar-refractivity contribution in [1.82, 2.24) is 5.32 Å². The first-order chi connectivity index (χ1) is 44.1. The summed E-state index contributed by atoms with van der Waals surface area (Å²) in [5, 5.41) is 10.8. The third-order valence-electron chi connectivity index (χ3n) is 12.8. The third-order valence-corrected chi connectivity index (χ3v) is 12.8. The maximum Gasteiger partial charge on any atom is 0.407 e. The van der Waals surface area contributed by atoms with Gasteiger partial charge in [0.1, 0.15) is 86.0 Å². The van der Waals surface area contributed by atoms with Crippen molar-refractivity contribution in [2.24, 2.45) is 0 Å². The van der Waals surface area contributed by atoms with Crippen molar-refractivity contribution in [2.75, 3.05) is 13.2 Å². The lowest BCUT2D eigenvalue weighted by Crippen LogP contribution is -2.38. The lowest BCUT2D eigenvalue weighted by molar-refractivity contribution is -0.164. The molecule has 0 aromatic heterocycles. The highest BCUT2D eigenvalue weighted by Crippen LogP contribution is 2.29. The lowest BCUT2D eigenvalue weighted by Gasteiger charge is -2.32. The highest BCUT2D eigenvalue weighted by atomic mass is 16.6. The van der Waals surface area contributed by atoms with Crippen molar-refractivity contribution in [1.29, 1.82) is 0 Å². The fraction of sp³-hybridized carbons (Fsp3) is 0.754. The molecule has 0 saturated heterocycles. The SMILES string of the molecule is C=C(C)C(=O)OCCNC(=O)OC(C)CC.CCC(C)O.CCC(CC(CC(CC(CC(CC(CC(CC(CC(CC(CC(CC(C)OC(C)=O)OC(C)=O)OC(C)=O)OC(C)=O)OC(C)=O)OC(C)=O)OC(C)=O)OC(C)=O)OC(C)=O)OC(C)=O)OC(C)=O)OC(C)=O. The van der Waals surface area contributed by atoms with E-state index in [9.17, 15) is 67.1 Å². The van der Waals surface area contributed by atoms with Gasteiger partial charge in [-0.1, -0.05) is 27.4 Å². The first kappa shape index (κ1) is 91.3. The molecule has 0 rings (SSSR count). The van der Waals surface area contributed by atoms with E-state index in [1.807, 2.05) is 13.8 Å². The summed E-state index contributed by atoms with van der Waals surface area (Å²) >= 11 is 0. The van der Waals surface area contributed by atoms with Gasteiger partial charge >= 0.3 is 83.7 Å². The average molecular weight is 1370 g/mol. The number of aliphatic hydroxyl groups is 1. The lowest BCUT2D eigenvalue weighted by atomic mass is 9.93. The van der Waals surface area contributed by atoms with E-state index in [1.54, 1.807) is 34.6 Å². The van der Waals surface area contributed by atoms with Crippen LogP contribution in [0.25, 0.3) is 0 Å². The number of aliphatic hydroxyl groups excluding tert-OH is 1. The van der Waals surface area contributed by atoms with Crippen LogP contribution in [-0.4, -0.2) is 187 Å². The molecule has 0 aliphatic carbocycles. The van der Waals surface area contributed by atoms with E-state index < -0.39 is 157 Å². The van der Waals surface area contributed by atoms with Crippen LogP contribution in [-0.2, 0) is 129 Å². The molecule has 0 aliphatic heterocycles. The van der Waals surface area contributed by atoms with Gasteiger partial charge in [-0.15, -0.1) is 0 Å². The molecule has 95 heavy (non-hydrogen) atoms. The third kappa shape index (κ3) is 55.1. The number of ether oxygens (including phenoxy) is 14. The molecule has 14 unspecified atom stereocenters. The van der Waals surface area contributed by atoms with Gasteiger partial charge in [0.05, 0.1) is 12.6 Å². The molecule has 30 nitrogen and oxygen atoms in total. The maximum absolute atomic E-state index is 12.6. The van der Waals surface area contributed by atoms with Gasteiger partial charge in [-0.25, -0.2) is 9.59 Å². The van der Waals surface area contributed by atoms with Crippen LogP contribution in [0.1, 0.15) is 221 Å². The molecule has 0 heterocycles. The van der Waals surface area contributed by atoms with E-state index in [1.165, 1.54) is 20.8 Å². The van der Waals surface area contributed by atoms with Crippen molar-refractivity contribution >= 4 is 83.7 Å². The van der Waals surface area contributed by atoms with Crippen molar-refractivity contribution in [3.8, 4) is 0 Å². The fourth-order valence-electron chi connectivity index (χ4n) is 9.17. The second-order valence-corrected chi connectivity index (χ2v) is 22.7. The van der Waals surface area contributed by atoms with E-state index in [-0.39, 0.29) is 96.0 Å². The van der Waals surface area contributed by atoms with Gasteiger partial charge in [-0.2, -0.15) is 0 Å². The minimum atomic E-state index is -1.23. The van der Waals surface area contributed by atoms with E-state index in [4.69, 9.17) is 71.4 Å². The van der Waals surface area contributed by atoms with Crippen molar-refractivity contribution in [3.63, 3.8) is 0 Å². The van der Waals surface area contributed by atoms with Crippen LogP contribution >= 0.6 is 0 Å². The van der Waals surface area contributed by atoms with Gasteiger partial charge in [0.25, 0.3) is 0 Å². The monoisotopic (exact) mass is 1370 g/mol. The molecule has 14 atom stereocenters. The smallest absolute Gasteiger partial charge is 0.407 e. The summed E-state index contributed by atoms with van der Waals surface area (Å²) in [6, 6.07) is 0. The Labute approximate surface area is 558 Å². The minimum absolute atomic E-state index is 0.00801. The topological polar surface area (TPSA) is 400 Å². The largest absolute Gasteiger partial charge is 0.463 e. The number of amides is 1. The number of nitrogens with one attached hydrogen (secondary N) is 1. The second kappa shape index (κ2) is 51.4.